The Labute approximate surface area is 147 Å². The molecule has 0 amide bonds. The lowest BCUT2D eigenvalue weighted by Gasteiger charge is -2.18. The summed E-state index contributed by atoms with van der Waals surface area (Å²) in [7, 11) is 0. The van der Waals surface area contributed by atoms with E-state index in [1.807, 2.05) is 29.1 Å². The number of hydrogen-bond acceptors (Lipinski definition) is 5. The van der Waals surface area contributed by atoms with Gasteiger partial charge in [0.2, 0.25) is 0 Å². The molecule has 1 saturated heterocycles. The molecule has 6 nitrogen and oxygen atoms in total. The van der Waals surface area contributed by atoms with Gasteiger partial charge in [0.15, 0.2) is 5.75 Å². The molecule has 1 N–H and O–H groups in total. The highest BCUT2D eigenvalue weighted by molar-refractivity contribution is 5.18. The Balaban J connectivity index is 1.34. The van der Waals surface area contributed by atoms with Gasteiger partial charge in [-0.2, -0.15) is 10.4 Å². The van der Waals surface area contributed by atoms with Gasteiger partial charge in [-0.05, 0) is 18.4 Å². The third-order valence-corrected chi connectivity index (χ3v) is 5.01. The number of ether oxygens (including phenoxy) is 1. The Morgan fingerprint density at radius 3 is 2.80 bits per heavy atom. The molecule has 4 rings (SSSR count). The van der Waals surface area contributed by atoms with Crippen LogP contribution in [-0.4, -0.2) is 51.6 Å². The van der Waals surface area contributed by atoms with E-state index in [-0.39, 0.29) is 11.5 Å². The first-order valence-corrected chi connectivity index (χ1v) is 8.71. The molecule has 1 aromatic carbocycles. The van der Waals surface area contributed by atoms with E-state index in [1.165, 1.54) is 5.56 Å². The highest BCUT2D eigenvalue weighted by Gasteiger charge is 2.46. The van der Waals surface area contributed by atoms with Crippen LogP contribution in [0.2, 0.25) is 0 Å². The summed E-state index contributed by atoms with van der Waals surface area (Å²) in [4.78, 5) is 2.14. The minimum atomic E-state index is -0.535. The molecule has 1 aromatic heterocycles. The first-order valence-electron chi connectivity index (χ1n) is 8.71. The lowest BCUT2D eigenvalue weighted by atomic mass is 10.1. The van der Waals surface area contributed by atoms with Gasteiger partial charge in [0.1, 0.15) is 12.2 Å². The number of aliphatic hydroxyl groups is 1. The Morgan fingerprint density at radius 1 is 1.28 bits per heavy atom. The number of benzene rings is 1. The number of rotatable bonds is 6. The monoisotopic (exact) mass is 338 g/mol. The fourth-order valence-corrected chi connectivity index (χ4v) is 3.40. The molecule has 2 heterocycles. The van der Waals surface area contributed by atoms with Crippen molar-refractivity contribution in [3.63, 3.8) is 0 Å². The summed E-state index contributed by atoms with van der Waals surface area (Å²) in [6.07, 6.45) is 4.67. The van der Waals surface area contributed by atoms with Gasteiger partial charge in [-0.25, -0.2) is 0 Å². The van der Waals surface area contributed by atoms with E-state index in [9.17, 15) is 10.4 Å². The largest absolute Gasteiger partial charge is 0.483 e. The van der Waals surface area contributed by atoms with Crippen molar-refractivity contribution in [3.05, 3.63) is 48.3 Å². The second-order valence-electron chi connectivity index (χ2n) is 7.17. The van der Waals surface area contributed by atoms with Crippen LogP contribution in [0.25, 0.3) is 0 Å². The fourth-order valence-electron chi connectivity index (χ4n) is 3.40. The zero-order valence-electron chi connectivity index (χ0n) is 14.1. The van der Waals surface area contributed by atoms with Crippen LogP contribution in [0, 0.1) is 16.7 Å². The summed E-state index contributed by atoms with van der Waals surface area (Å²) >= 11 is 0. The number of aliphatic hydroxyl groups excluding tert-OH is 1. The number of nitrogens with zero attached hydrogens (tertiary/aromatic N) is 4. The van der Waals surface area contributed by atoms with Crippen molar-refractivity contribution in [2.24, 2.45) is 5.41 Å². The molecule has 2 atom stereocenters. The topological polar surface area (TPSA) is 74.3 Å². The van der Waals surface area contributed by atoms with Gasteiger partial charge in [-0.15, -0.1) is 0 Å². The SMILES string of the molecule is N#CC1(CN2C[C@@H](O)[C@H](Oc3cnn(Cc4ccccc4)c3)C2)CC1. The molecule has 1 saturated carbocycles. The zero-order valence-corrected chi connectivity index (χ0v) is 14.1. The van der Waals surface area contributed by atoms with Crippen molar-refractivity contribution in [1.82, 2.24) is 14.7 Å². The molecule has 2 aliphatic rings. The standard InChI is InChI=1S/C19H22N4O2/c20-13-19(6-7-19)14-22-11-17(24)18(12-22)25-16-8-21-23(10-16)9-15-4-2-1-3-5-15/h1-5,8,10,17-18,24H,6-7,9,11-12,14H2/t17-,18-/m1/s1. The Morgan fingerprint density at radius 2 is 2.08 bits per heavy atom. The lowest BCUT2D eigenvalue weighted by molar-refractivity contribution is 0.0736. The maximum Gasteiger partial charge on any atom is 0.157 e. The minimum absolute atomic E-state index is 0.185. The van der Waals surface area contributed by atoms with Gasteiger partial charge in [0.05, 0.1) is 30.4 Å². The van der Waals surface area contributed by atoms with Crippen LogP contribution in [0.15, 0.2) is 42.7 Å². The molecule has 2 fully saturated rings. The van der Waals surface area contributed by atoms with E-state index in [0.717, 1.165) is 19.4 Å². The van der Waals surface area contributed by atoms with Gasteiger partial charge in [-0.3, -0.25) is 9.58 Å². The molecule has 0 unspecified atom stereocenters. The highest BCUT2D eigenvalue weighted by Crippen LogP contribution is 2.45. The quantitative estimate of drug-likeness (QED) is 0.867. The fraction of sp³-hybridized carbons (Fsp3) is 0.474. The van der Waals surface area contributed by atoms with E-state index in [2.05, 4.69) is 28.2 Å². The first-order chi connectivity index (χ1) is 12.2. The van der Waals surface area contributed by atoms with Crippen molar-refractivity contribution in [1.29, 1.82) is 5.26 Å². The first kappa shape index (κ1) is 16.1. The predicted octanol–water partition coefficient (Wildman–Crippen LogP) is 1.66. The Bertz CT molecular complexity index is 763. The molecular formula is C19H22N4O2. The molecule has 1 aliphatic carbocycles. The molecule has 6 heteroatoms. The van der Waals surface area contributed by atoms with Crippen molar-refractivity contribution in [2.75, 3.05) is 19.6 Å². The van der Waals surface area contributed by atoms with Gasteiger partial charge in [0.25, 0.3) is 0 Å². The number of nitriles is 1. The van der Waals surface area contributed by atoms with Crippen LogP contribution in [0.3, 0.4) is 0 Å². The molecule has 0 spiro atoms. The molecule has 1 aliphatic heterocycles. The molecule has 0 bridgehead atoms. The summed E-state index contributed by atoms with van der Waals surface area (Å²) in [5.74, 6) is 0.670. The van der Waals surface area contributed by atoms with E-state index in [4.69, 9.17) is 4.74 Å². The average molecular weight is 338 g/mol. The van der Waals surface area contributed by atoms with E-state index >= 15 is 0 Å². The summed E-state index contributed by atoms with van der Waals surface area (Å²) in [5, 5.41) is 23.8. The number of β-amino-alcohol motifs (C(OH)–C–C–N with tert-alkyl or cyclic N) is 1. The van der Waals surface area contributed by atoms with Crippen LogP contribution < -0.4 is 4.74 Å². The van der Waals surface area contributed by atoms with Gasteiger partial charge >= 0.3 is 0 Å². The van der Waals surface area contributed by atoms with E-state index in [0.29, 0.717) is 25.4 Å². The Hall–Kier alpha value is -2.36. The number of hydrogen-bond donors (Lipinski definition) is 1. The van der Waals surface area contributed by atoms with E-state index < -0.39 is 6.10 Å². The lowest BCUT2D eigenvalue weighted by Crippen LogP contribution is -2.30. The van der Waals surface area contributed by atoms with Crippen molar-refractivity contribution in [2.45, 2.75) is 31.6 Å². The summed E-state index contributed by atoms with van der Waals surface area (Å²) < 4.78 is 7.78. The summed E-state index contributed by atoms with van der Waals surface area (Å²) in [6, 6.07) is 12.5. The summed E-state index contributed by atoms with van der Waals surface area (Å²) in [6.45, 7) is 2.63. The van der Waals surface area contributed by atoms with E-state index in [1.54, 1.807) is 6.20 Å². The molecular weight excluding hydrogens is 316 g/mol. The van der Waals surface area contributed by atoms with Crippen molar-refractivity contribution < 1.29 is 9.84 Å². The van der Waals surface area contributed by atoms with Crippen LogP contribution in [0.4, 0.5) is 0 Å². The second-order valence-corrected chi connectivity index (χ2v) is 7.17. The van der Waals surface area contributed by atoms with Crippen LogP contribution in [-0.2, 0) is 6.54 Å². The maximum absolute atomic E-state index is 10.3. The normalized spacial score (nSPS) is 24.8. The van der Waals surface area contributed by atoms with Crippen LogP contribution in [0.5, 0.6) is 5.75 Å². The van der Waals surface area contributed by atoms with Gasteiger partial charge < -0.3 is 9.84 Å². The minimum Gasteiger partial charge on any atom is -0.483 e. The van der Waals surface area contributed by atoms with Crippen molar-refractivity contribution in [3.8, 4) is 11.8 Å². The molecule has 0 radical (unpaired) electrons. The maximum atomic E-state index is 10.3. The Kier molecular flexibility index (Phi) is 4.20. The average Bonchev–Trinajstić information content (AvgIpc) is 3.12. The third kappa shape index (κ3) is 3.68. The molecule has 2 aromatic rings. The summed E-state index contributed by atoms with van der Waals surface area (Å²) in [5.41, 5.74) is 0.991. The smallest absolute Gasteiger partial charge is 0.157 e. The number of aromatic nitrogens is 2. The van der Waals surface area contributed by atoms with Gasteiger partial charge in [-0.1, -0.05) is 30.3 Å². The highest BCUT2D eigenvalue weighted by atomic mass is 16.5. The third-order valence-electron chi connectivity index (χ3n) is 5.01. The molecule has 25 heavy (non-hydrogen) atoms. The predicted molar refractivity (Wildman–Crippen MR) is 91.9 cm³/mol. The second kappa shape index (κ2) is 6.51. The molecule has 130 valence electrons. The van der Waals surface area contributed by atoms with Gasteiger partial charge in [0, 0.05) is 19.6 Å². The van der Waals surface area contributed by atoms with Crippen LogP contribution in [0.1, 0.15) is 18.4 Å². The number of likely N-dealkylation sites (tertiary alicyclic amines) is 1. The van der Waals surface area contributed by atoms with Crippen LogP contribution >= 0.6 is 0 Å². The zero-order chi connectivity index (χ0) is 17.3. The van der Waals surface area contributed by atoms with Crippen molar-refractivity contribution >= 4 is 0 Å².